The third-order valence-electron chi connectivity index (χ3n) is 3.18. The molecular weight excluding hydrogens is 304 g/mol. The second-order valence-corrected chi connectivity index (χ2v) is 6.15. The average Bonchev–Trinajstić information content (AvgIpc) is 2.34. The molecule has 0 aliphatic rings. The van der Waals surface area contributed by atoms with Crippen LogP contribution in [0.15, 0.2) is 22.7 Å². The van der Waals surface area contributed by atoms with Crippen LogP contribution in [0.2, 0.25) is 0 Å². The molecule has 0 spiro atoms. The maximum Gasteiger partial charge on any atom is 0.123 e. The van der Waals surface area contributed by atoms with E-state index in [0.29, 0.717) is 25.2 Å². The Balaban J connectivity index is 2.57. The lowest BCUT2D eigenvalue weighted by molar-refractivity contribution is 0.141. The Hall–Kier alpha value is -0.580. The normalized spacial score (nSPS) is 11.6. The van der Waals surface area contributed by atoms with Gasteiger partial charge in [-0.15, -0.1) is 0 Å². The van der Waals surface area contributed by atoms with Crippen LogP contribution in [0.4, 0.5) is 0 Å². The summed E-state index contributed by atoms with van der Waals surface area (Å²) >= 11 is 3.45. The second kappa shape index (κ2) is 7.88. The average molecular weight is 329 g/mol. The van der Waals surface area contributed by atoms with E-state index in [1.807, 2.05) is 18.2 Å². The molecule has 0 aliphatic carbocycles. The number of rotatable bonds is 7. The molecule has 0 saturated carbocycles. The first-order valence-corrected chi connectivity index (χ1v) is 7.62. The van der Waals surface area contributed by atoms with Crippen LogP contribution in [0.3, 0.4) is 0 Å². The van der Waals surface area contributed by atoms with Crippen molar-refractivity contribution in [3.05, 3.63) is 28.2 Å². The molecule has 0 atom stereocenters. The van der Waals surface area contributed by atoms with Gasteiger partial charge in [-0.05, 0) is 45.9 Å². The third-order valence-corrected chi connectivity index (χ3v) is 3.67. The lowest BCUT2D eigenvalue weighted by Crippen LogP contribution is -2.39. The molecule has 3 nitrogen and oxygen atoms in total. The minimum absolute atomic E-state index is 0.493. The minimum Gasteiger partial charge on any atom is -0.492 e. The van der Waals surface area contributed by atoms with E-state index in [2.05, 4.69) is 48.5 Å². The first kappa shape index (κ1) is 16.5. The van der Waals surface area contributed by atoms with Crippen molar-refractivity contribution < 1.29 is 4.74 Å². The highest BCUT2D eigenvalue weighted by atomic mass is 79.9. The molecule has 0 unspecified atom stereocenters. The fourth-order valence-corrected chi connectivity index (χ4v) is 2.63. The van der Waals surface area contributed by atoms with Gasteiger partial charge in [-0.2, -0.15) is 0 Å². The Morgan fingerprint density at radius 1 is 1.21 bits per heavy atom. The summed E-state index contributed by atoms with van der Waals surface area (Å²) in [6.45, 7) is 11.0. The molecule has 0 saturated heterocycles. The van der Waals surface area contributed by atoms with Gasteiger partial charge in [-0.1, -0.05) is 15.9 Å². The Morgan fingerprint density at radius 2 is 1.84 bits per heavy atom. The van der Waals surface area contributed by atoms with E-state index in [-0.39, 0.29) is 0 Å². The van der Waals surface area contributed by atoms with E-state index < -0.39 is 0 Å². The minimum atomic E-state index is 0.493. The highest BCUT2D eigenvalue weighted by molar-refractivity contribution is 9.10. The molecule has 0 radical (unpaired) electrons. The van der Waals surface area contributed by atoms with E-state index in [0.717, 1.165) is 22.3 Å². The molecule has 0 aliphatic heterocycles. The standard InChI is InChI=1S/C15H25BrN2O/c1-11(2)18(12(3)4)7-8-19-15-6-5-14(16)9-13(15)10-17/h5-6,9,11-12H,7-8,10,17H2,1-4H3. The van der Waals surface area contributed by atoms with Gasteiger partial charge < -0.3 is 10.5 Å². The Kier molecular flexibility index (Phi) is 6.83. The van der Waals surface area contributed by atoms with Crippen LogP contribution in [-0.2, 0) is 6.54 Å². The topological polar surface area (TPSA) is 38.5 Å². The van der Waals surface area contributed by atoms with Crippen molar-refractivity contribution in [1.29, 1.82) is 0 Å². The number of ether oxygens (including phenoxy) is 1. The summed E-state index contributed by atoms with van der Waals surface area (Å²) in [6.07, 6.45) is 0. The maximum atomic E-state index is 5.87. The van der Waals surface area contributed by atoms with Crippen LogP contribution in [0.1, 0.15) is 33.3 Å². The number of nitrogens with two attached hydrogens (primary N) is 1. The largest absolute Gasteiger partial charge is 0.492 e. The molecule has 1 aromatic rings. The molecule has 0 fully saturated rings. The van der Waals surface area contributed by atoms with Gasteiger partial charge >= 0.3 is 0 Å². The number of hydrogen-bond acceptors (Lipinski definition) is 3. The van der Waals surface area contributed by atoms with Crippen LogP contribution in [-0.4, -0.2) is 30.1 Å². The first-order valence-electron chi connectivity index (χ1n) is 6.82. The fraction of sp³-hybridized carbons (Fsp3) is 0.600. The fourth-order valence-electron chi connectivity index (χ4n) is 2.22. The van der Waals surface area contributed by atoms with Crippen molar-refractivity contribution >= 4 is 15.9 Å². The second-order valence-electron chi connectivity index (χ2n) is 5.23. The molecular formula is C15H25BrN2O. The van der Waals surface area contributed by atoms with Gasteiger partial charge in [0.25, 0.3) is 0 Å². The van der Waals surface area contributed by atoms with Gasteiger partial charge in [-0.25, -0.2) is 0 Å². The van der Waals surface area contributed by atoms with Crippen molar-refractivity contribution in [2.75, 3.05) is 13.2 Å². The van der Waals surface area contributed by atoms with Gasteiger partial charge in [0.1, 0.15) is 12.4 Å². The Labute approximate surface area is 125 Å². The predicted octanol–water partition coefficient (Wildman–Crippen LogP) is 3.41. The quantitative estimate of drug-likeness (QED) is 0.833. The SMILES string of the molecule is CC(C)N(CCOc1ccc(Br)cc1CN)C(C)C. The molecule has 4 heteroatoms. The monoisotopic (exact) mass is 328 g/mol. The van der Waals surface area contributed by atoms with Crippen LogP contribution < -0.4 is 10.5 Å². The number of halogens is 1. The van der Waals surface area contributed by atoms with E-state index in [1.54, 1.807) is 0 Å². The van der Waals surface area contributed by atoms with Gasteiger partial charge in [0.05, 0.1) is 0 Å². The van der Waals surface area contributed by atoms with E-state index in [4.69, 9.17) is 10.5 Å². The van der Waals surface area contributed by atoms with E-state index in [9.17, 15) is 0 Å². The summed E-state index contributed by atoms with van der Waals surface area (Å²) in [5.74, 6) is 0.887. The summed E-state index contributed by atoms with van der Waals surface area (Å²) in [6, 6.07) is 7.03. The number of benzene rings is 1. The maximum absolute atomic E-state index is 5.87. The predicted molar refractivity (Wildman–Crippen MR) is 84.5 cm³/mol. The van der Waals surface area contributed by atoms with Gasteiger partial charge in [0, 0.05) is 35.2 Å². The van der Waals surface area contributed by atoms with Crippen molar-refractivity contribution in [3.63, 3.8) is 0 Å². The zero-order valence-corrected chi connectivity index (χ0v) is 13.9. The Bertz CT molecular complexity index is 386. The summed E-state index contributed by atoms with van der Waals surface area (Å²) in [7, 11) is 0. The van der Waals surface area contributed by atoms with Crippen LogP contribution in [0.25, 0.3) is 0 Å². The van der Waals surface area contributed by atoms with Crippen molar-refractivity contribution in [2.24, 2.45) is 5.73 Å². The molecule has 0 heterocycles. The lowest BCUT2D eigenvalue weighted by atomic mass is 10.2. The van der Waals surface area contributed by atoms with Crippen LogP contribution >= 0.6 is 15.9 Å². The summed E-state index contributed by atoms with van der Waals surface area (Å²) < 4.78 is 6.90. The highest BCUT2D eigenvalue weighted by Gasteiger charge is 2.13. The molecule has 1 rings (SSSR count). The first-order chi connectivity index (χ1) is 8.95. The van der Waals surface area contributed by atoms with E-state index in [1.165, 1.54) is 0 Å². The molecule has 0 aromatic heterocycles. The molecule has 19 heavy (non-hydrogen) atoms. The van der Waals surface area contributed by atoms with Crippen LogP contribution in [0, 0.1) is 0 Å². The van der Waals surface area contributed by atoms with E-state index >= 15 is 0 Å². The molecule has 108 valence electrons. The van der Waals surface area contributed by atoms with Crippen molar-refractivity contribution in [3.8, 4) is 5.75 Å². The number of hydrogen-bond donors (Lipinski definition) is 1. The summed E-state index contributed by atoms with van der Waals surface area (Å²) in [5.41, 5.74) is 6.77. The van der Waals surface area contributed by atoms with Crippen LogP contribution in [0.5, 0.6) is 5.75 Å². The third kappa shape index (κ3) is 5.13. The summed E-state index contributed by atoms with van der Waals surface area (Å²) in [5, 5.41) is 0. The number of nitrogens with zero attached hydrogens (tertiary/aromatic N) is 1. The Morgan fingerprint density at radius 3 is 2.37 bits per heavy atom. The highest BCUT2D eigenvalue weighted by Crippen LogP contribution is 2.22. The summed E-state index contributed by atoms with van der Waals surface area (Å²) in [4.78, 5) is 2.42. The van der Waals surface area contributed by atoms with Gasteiger partial charge in [-0.3, -0.25) is 4.90 Å². The van der Waals surface area contributed by atoms with Gasteiger partial charge in [0.15, 0.2) is 0 Å². The van der Waals surface area contributed by atoms with Crippen molar-refractivity contribution in [2.45, 2.75) is 46.3 Å². The van der Waals surface area contributed by atoms with Crippen molar-refractivity contribution in [1.82, 2.24) is 4.90 Å². The van der Waals surface area contributed by atoms with Gasteiger partial charge in [0.2, 0.25) is 0 Å². The lowest BCUT2D eigenvalue weighted by Gasteiger charge is -2.30. The molecule has 0 amide bonds. The molecule has 2 N–H and O–H groups in total. The molecule has 1 aromatic carbocycles. The molecule has 0 bridgehead atoms. The zero-order valence-electron chi connectivity index (χ0n) is 12.3. The smallest absolute Gasteiger partial charge is 0.123 e. The zero-order chi connectivity index (χ0) is 14.4.